The van der Waals surface area contributed by atoms with Crippen LogP contribution in [0.3, 0.4) is 0 Å². The summed E-state index contributed by atoms with van der Waals surface area (Å²) in [7, 11) is 0. The second-order valence-electron chi connectivity index (χ2n) is 3.67. The third-order valence-electron chi connectivity index (χ3n) is 2.69. The zero-order valence-electron chi connectivity index (χ0n) is 8.48. The van der Waals surface area contributed by atoms with Crippen molar-refractivity contribution in [3.63, 3.8) is 0 Å². The first kappa shape index (κ1) is 11.2. The second kappa shape index (κ2) is 4.29. The standard InChI is InChI=1S/C10H11BrN2O3/c11-8-6(3-5-16-8)10(15)13-4-1-2-7(13)9(12)14/h3,5,7H,1-2,4H2,(H2,12,14). The molecule has 6 heteroatoms. The smallest absolute Gasteiger partial charge is 0.259 e. The Bertz CT molecular complexity index is 429. The molecule has 1 aromatic heterocycles. The minimum absolute atomic E-state index is 0.220. The fourth-order valence-corrected chi connectivity index (χ4v) is 2.32. The molecule has 1 aromatic rings. The molecule has 2 rings (SSSR count). The van der Waals surface area contributed by atoms with Crippen LogP contribution in [0.4, 0.5) is 0 Å². The zero-order valence-corrected chi connectivity index (χ0v) is 10.1. The summed E-state index contributed by atoms with van der Waals surface area (Å²) in [6, 6.07) is 1.08. The molecule has 1 fully saturated rings. The van der Waals surface area contributed by atoms with Crippen molar-refractivity contribution < 1.29 is 14.0 Å². The average Bonchev–Trinajstić information content (AvgIpc) is 2.84. The monoisotopic (exact) mass is 286 g/mol. The maximum absolute atomic E-state index is 12.1. The Morgan fingerprint density at radius 3 is 2.88 bits per heavy atom. The van der Waals surface area contributed by atoms with E-state index in [1.165, 1.54) is 11.2 Å². The van der Waals surface area contributed by atoms with Crippen LogP contribution in [0.1, 0.15) is 23.2 Å². The summed E-state index contributed by atoms with van der Waals surface area (Å²) < 4.78 is 5.38. The normalized spacial score (nSPS) is 20.1. The molecule has 2 amide bonds. The number of carbonyl (C=O) groups is 2. The van der Waals surface area contributed by atoms with E-state index < -0.39 is 11.9 Å². The number of rotatable bonds is 2. The molecule has 0 aliphatic carbocycles. The lowest BCUT2D eigenvalue weighted by atomic mass is 10.2. The Balaban J connectivity index is 2.22. The van der Waals surface area contributed by atoms with E-state index in [0.29, 0.717) is 23.2 Å². The van der Waals surface area contributed by atoms with Gasteiger partial charge in [-0.25, -0.2) is 0 Å². The molecule has 1 saturated heterocycles. The Morgan fingerprint density at radius 1 is 1.56 bits per heavy atom. The first-order valence-corrected chi connectivity index (χ1v) is 5.74. The van der Waals surface area contributed by atoms with Crippen molar-refractivity contribution in [3.8, 4) is 0 Å². The highest BCUT2D eigenvalue weighted by Gasteiger charge is 2.34. The van der Waals surface area contributed by atoms with Gasteiger partial charge in [0, 0.05) is 6.54 Å². The maximum Gasteiger partial charge on any atom is 0.259 e. The number of nitrogens with two attached hydrogens (primary N) is 1. The fourth-order valence-electron chi connectivity index (χ4n) is 1.91. The largest absolute Gasteiger partial charge is 0.457 e. The molecular weight excluding hydrogens is 276 g/mol. The predicted molar refractivity (Wildman–Crippen MR) is 59.7 cm³/mol. The Labute approximate surface area is 101 Å². The van der Waals surface area contributed by atoms with E-state index in [2.05, 4.69) is 15.9 Å². The number of carbonyl (C=O) groups excluding carboxylic acids is 2. The van der Waals surface area contributed by atoms with Gasteiger partial charge in [0.25, 0.3) is 5.91 Å². The van der Waals surface area contributed by atoms with Gasteiger partial charge in [-0.15, -0.1) is 0 Å². The van der Waals surface area contributed by atoms with Gasteiger partial charge in [0.05, 0.1) is 11.8 Å². The van der Waals surface area contributed by atoms with Gasteiger partial charge < -0.3 is 15.1 Å². The van der Waals surface area contributed by atoms with Gasteiger partial charge in [-0.3, -0.25) is 9.59 Å². The summed E-state index contributed by atoms with van der Waals surface area (Å²) >= 11 is 3.14. The van der Waals surface area contributed by atoms with Crippen LogP contribution in [-0.2, 0) is 4.79 Å². The van der Waals surface area contributed by atoms with Crippen LogP contribution in [0.15, 0.2) is 21.4 Å². The van der Waals surface area contributed by atoms with E-state index in [1.807, 2.05) is 0 Å². The number of halogens is 1. The molecule has 2 heterocycles. The topological polar surface area (TPSA) is 76.5 Å². The van der Waals surface area contributed by atoms with Crippen LogP contribution in [0.25, 0.3) is 0 Å². The molecule has 86 valence electrons. The van der Waals surface area contributed by atoms with Gasteiger partial charge in [-0.2, -0.15) is 0 Å². The molecular formula is C10H11BrN2O3. The van der Waals surface area contributed by atoms with Crippen LogP contribution >= 0.6 is 15.9 Å². The Morgan fingerprint density at radius 2 is 2.31 bits per heavy atom. The minimum Gasteiger partial charge on any atom is -0.457 e. The fraction of sp³-hybridized carbons (Fsp3) is 0.400. The summed E-state index contributed by atoms with van der Waals surface area (Å²) in [5.41, 5.74) is 5.67. The van der Waals surface area contributed by atoms with Crippen molar-refractivity contribution >= 4 is 27.7 Å². The molecule has 0 aromatic carbocycles. The highest BCUT2D eigenvalue weighted by Crippen LogP contribution is 2.24. The third-order valence-corrected chi connectivity index (χ3v) is 3.30. The van der Waals surface area contributed by atoms with Gasteiger partial charge in [-0.1, -0.05) is 0 Å². The summed E-state index contributed by atoms with van der Waals surface area (Å²) in [6.45, 7) is 0.560. The van der Waals surface area contributed by atoms with E-state index >= 15 is 0 Å². The van der Waals surface area contributed by atoms with E-state index in [1.54, 1.807) is 6.07 Å². The lowest BCUT2D eigenvalue weighted by molar-refractivity contribution is -0.121. The van der Waals surface area contributed by atoms with Crippen molar-refractivity contribution in [1.82, 2.24) is 4.90 Å². The number of hydrogen-bond acceptors (Lipinski definition) is 3. The number of amides is 2. The van der Waals surface area contributed by atoms with Gasteiger partial charge >= 0.3 is 0 Å². The van der Waals surface area contributed by atoms with Crippen LogP contribution in [0, 0.1) is 0 Å². The molecule has 1 aliphatic heterocycles. The highest BCUT2D eigenvalue weighted by atomic mass is 79.9. The van der Waals surface area contributed by atoms with Crippen LogP contribution < -0.4 is 5.73 Å². The summed E-state index contributed by atoms with van der Waals surface area (Å²) in [5, 5.41) is 0. The van der Waals surface area contributed by atoms with E-state index in [0.717, 1.165) is 6.42 Å². The van der Waals surface area contributed by atoms with Gasteiger partial charge in [0.1, 0.15) is 6.04 Å². The lowest BCUT2D eigenvalue weighted by Gasteiger charge is -2.21. The van der Waals surface area contributed by atoms with E-state index in [-0.39, 0.29) is 5.91 Å². The molecule has 16 heavy (non-hydrogen) atoms. The van der Waals surface area contributed by atoms with Crippen LogP contribution in [-0.4, -0.2) is 29.3 Å². The van der Waals surface area contributed by atoms with Crippen LogP contribution in [0.2, 0.25) is 0 Å². The maximum atomic E-state index is 12.1. The SMILES string of the molecule is NC(=O)C1CCCN1C(=O)c1ccoc1Br. The molecule has 0 spiro atoms. The molecule has 1 unspecified atom stereocenters. The van der Waals surface area contributed by atoms with Crippen molar-refractivity contribution in [2.24, 2.45) is 5.73 Å². The van der Waals surface area contributed by atoms with E-state index in [9.17, 15) is 9.59 Å². The minimum atomic E-state index is -0.491. The van der Waals surface area contributed by atoms with Gasteiger partial charge in [0.2, 0.25) is 5.91 Å². The van der Waals surface area contributed by atoms with Crippen molar-refractivity contribution in [1.29, 1.82) is 0 Å². The summed E-state index contributed by atoms with van der Waals surface area (Å²) in [6.07, 6.45) is 2.86. The second-order valence-corrected chi connectivity index (χ2v) is 4.39. The molecule has 5 nitrogen and oxygen atoms in total. The van der Waals surface area contributed by atoms with Crippen molar-refractivity contribution in [3.05, 3.63) is 22.6 Å². The first-order chi connectivity index (χ1) is 7.61. The molecule has 0 saturated carbocycles. The number of hydrogen-bond donors (Lipinski definition) is 1. The number of nitrogens with zero attached hydrogens (tertiary/aromatic N) is 1. The lowest BCUT2D eigenvalue weighted by Crippen LogP contribution is -2.43. The molecule has 0 bridgehead atoms. The third kappa shape index (κ3) is 1.84. The molecule has 1 aliphatic rings. The first-order valence-electron chi connectivity index (χ1n) is 4.94. The average molecular weight is 287 g/mol. The Kier molecular flexibility index (Phi) is 3.00. The molecule has 1 atom stereocenters. The number of primary amides is 1. The molecule has 0 radical (unpaired) electrons. The van der Waals surface area contributed by atoms with Crippen LogP contribution in [0.5, 0.6) is 0 Å². The number of furan rings is 1. The van der Waals surface area contributed by atoms with Crippen molar-refractivity contribution in [2.75, 3.05) is 6.54 Å². The van der Waals surface area contributed by atoms with Crippen molar-refractivity contribution in [2.45, 2.75) is 18.9 Å². The zero-order chi connectivity index (χ0) is 11.7. The quantitative estimate of drug-likeness (QED) is 0.885. The Hall–Kier alpha value is -1.30. The highest BCUT2D eigenvalue weighted by molar-refractivity contribution is 9.10. The van der Waals surface area contributed by atoms with Gasteiger partial charge in [-0.05, 0) is 34.8 Å². The van der Waals surface area contributed by atoms with Gasteiger partial charge in [0.15, 0.2) is 4.67 Å². The van der Waals surface area contributed by atoms with E-state index in [4.69, 9.17) is 10.2 Å². The summed E-state index contributed by atoms with van der Waals surface area (Å²) in [5.74, 6) is -0.674. The number of likely N-dealkylation sites (tertiary alicyclic amines) is 1. The summed E-state index contributed by atoms with van der Waals surface area (Å²) in [4.78, 5) is 24.7. The molecule has 2 N–H and O–H groups in total. The predicted octanol–water partition coefficient (Wildman–Crippen LogP) is 1.13.